The van der Waals surface area contributed by atoms with Gasteiger partial charge in [0.2, 0.25) is 33.7 Å². The van der Waals surface area contributed by atoms with Gasteiger partial charge in [-0.25, -0.2) is 26.7 Å². The fourth-order valence-corrected chi connectivity index (χ4v) is 11.9. The molecule has 3 aromatic carbocycles. The Morgan fingerprint density at radius 3 is 2.36 bits per heavy atom. The van der Waals surface area contributed by atoms with Crippen LogP contribution in [0.5, 0.6) is 5.75 Å². The maximum absolute atomic E-state index is 15.1. The van der Waals surface area contributed by atoms with Crippen LogP contribution in [0.2, 0.25) is 5.02 Å². The Balaban J connectivity index is 0.799. The molecule has 23 heteroatoms. The first-order chi connectivity index (χ1) is 32.9. The number of hydrogen-bond donors (Lipinski definition) is 6. The fourth-order valence-electron chi connectivity index (χ4n) is 8.97. The SMILES string of the molecule is O=C(O)COc1c(C(=O)O)sc(-c2cccc(NC3CCN(S(=O)(=O)Cc4ccc(F)c(NC(=O)C5CCN(C(=O)CNc6cccc7c6CN(C6CCC(=O)NC6=O)C7=O)CC5)c4)CC3)c2)c1Cl. The maximum Gasteiger partial charge on any atom is 0.349 e. The summed E-state index contributed by atoms with van der Waals surface area (Å²) in [4.78, 5) is 90.0. The first-order valence-corrected chi connectivity index (χ1v) is 24.9. The first-order valence-electron chi connectivity index (χ1n) is 22.1. The quantitative estimate of drug-likeness (QED) is 0.0823. The third-order valence-corrected chi connectivity index (χ3v) is 16.1. The molecule has 4 aromatic rings. The van der Waals surface area contributed by atoms with Gasteiger partial charge in [0.05, 0.1) is 22.9 Å². The zero-order chi connectivity index (χ0) is 49.1. The first kappa shape index (κ1) is 48.8. The van der Waals surface area contributed by atoms with Gasteiger partial charge in [-0.1, -0.05) is 35.9 Å². The molecule has 3 fully saturated rings. The van der Waals surface area contributed by atoms with Crippen molar-refractivity contribution < 1.29 is 61.3 Å². The number of aromatic carboxylic acids is 1. The Kier molecular flexibility index (Phi) is 14.5. The number of ether oxygens (including phenoxy) is 1. The summed E-state index contributed by atoms with van der Waals surface area (Å²) in [5, 5.41) is 30.1. The molecule has 4 aliphatic rings. The number of halogens is 2. The van der Waals surface area contributed by atoms with Gasteiger partial charge in [-0.3, -0.25) is 29.3 Å². The predicted octanol–water partition coefficient (Wildman–Crippen LogP) is 4.83. The standard InChI is InChI=1S/C46H47ClFN7O12S2/c47-39-40(67-23-38(58)59)42(46(63)64)68-41(39)27-3-1-4-29(20-27)50-28-13-17-54(18-14-28)69(65,66)24-25-7-8-32(48)34(19-25)51-43(60)26-11-15-53(16-12-26)37(57)21-49-33-6-2-5-30-31(33)22-55(45(30)62)35-9-10-36(56)52-44(35)61/h1-8,19-20,26,28,35,49-50H,9-18,21-24H2,(H,51,60)(H,58,59)(H,63,64)(H,52,56,61). The Labute approximate surface area is 404 Å². The third kappa shape index (κ3) is 11.0. The second-order valence-corrected chi connectivity index (χ2v) is 20.5. The number of piperidine rings is 3. The number of amides is 5. The van der Waals surface area contributed by atoms with Gasteiger partial charge in [0, 0.05) is 73.6 Å². The van der Waals surface area contributed by atoms with E-state index in [1.807, 2.05) is 0 Å². The summed E-state index contributed by atoms with van der Waals surface area (Å²) in [7, 11) is -3.86. The van der Waals surface area contributed by atoms with Gasteiger partial charge in [0.15, 0.2) is 17.2 Å². The van der Waals surface area contributed by atoms with Crippen LogP contribution < -0.4 is 26.0 Å². The molecule has 8 rings (SSSR count). The number of fused-ring (bicyclic) bond motifs is 1. The number of aliphatic carboxylic acids is 1. The largest absolute Gasteiger partial charge is 0.479 e. The van der Waals surface area contributed by atoms with Crippen LogP contribution in [-0.2, 0) is 46.3 Å². The lowest BCUT2D eigenvalue weighted by Crippen LogP contribution is -2.52. The molecule has 6 N–H and O–H groups in total. The number of hydrogen-bond acceptors (Lipinski definition) is 13. The lowest BCUT2D eigenvalue weighted by Gasteiger charge is -2.32. The van der Waals surface area contributed by atoms with Crippen LogP contribution in [0.3, 0.4) is 0 Å². The number of anilines is 3. The van der Waals surface area contributed by atoms with E-state index >= 15 is 4.39 Å². The van der Waals surface area contributed by atoms with Crippen LogP contribution in [0.4, 0.5) is 21.5 Å². The molecule has 0 bridgehead atoms. The fraction of sp³-hybridized carbons (Fsp3) is 0.370. The molecule has 1 aromatic heterocycles. The molecule has 69 heavy (non-hydrogen) atoms. The maximum atomic E-state index is 15.1. The highest BCUT2D eigenvalue weighted by Gasteiger charge is 2.40. The van der Waals surface area contributed by atoms with E-state index in [1.54, 1.807) is 47.4 Å². The van der Waals surface area contributed by atoms with Crippen molar-refractivity contribution in [2.24, 2.45) is 5.92 Å². The second-order valence-electron chi connectivity index (χ2n) is 17.1. The number of thiophene rings is 1. The van der Waals surface area contributed by atoms with Crippen LogP contribution in [-0.4, -0.2) is 126 Å². The molecular formula is C46H47ClFN7O12S2. The van der Waals surface area contributed by atoms with Gasteiger partial charge in [-0.05, 0) is 79.6 Å². The van der Waals surface area contributed by atoms with E-state index in [0.717, 1.165) is 17.4 Å². The zero-order valence-electron chi connectivity index (χ0n) is 36.8. The van der Waals surface area contributed by atoms with Gasteiger partial charge in [0.1, 0.15) is 16.9 Å². The number of carbonyl (C=O) groups is 7. The van der Waals surface area contributed by atoms with Crippen molar-refractivity contribution in [1.82, 2.24) is 19.4 Å². The number of carbonyl (C=O) groups excluding carboxylic acids is 5. The van der Waals surface area contributed by atoms with Crippen molar-refractivity contribution in [1.29, 1.82) is 0 Å². The minimum absolute atomic E-state index is 0.0269. The van der Waals surface area contributed by atoms with E-state index in [-0.39, 0.29) is 103 Å². The molecule has 0 spiro atoms. The van der Waals surface area contributed by atoms with E-state index < -0.39 is 63.9 Å². The van der Waals surface area contributed by atoms with Gasteiger partial charge < -0.3 is 40.7 Å². The summed E-state index contributed by atoms with van der Waals surface area (Å²) in [6, 6.07) is 15.0. The van der Waals surface area contributed by atoms with Crippen molar-refractivity contribution in [3.05, 3.63) is 93.1 Å². The van der Waals surface area contributed by atoms with Crippen molar-refractivity contribution in [2.45, 2.75) is 62.9 Å². The second kappa shape index (κ2) is 20.5. The number of benzene rings is 3. The molecule has 19 nitrogen and oxygen atoms in total. The molecule has 0 saturated carbocycles. The molecule has 4 aliphatic heterocycles. The summed E-state index contributed by atoms with van der Waals surface area (Å²) in [5.41, 5.74) is 2.99. The number of nitrogens with zero attached hydrogens (tertiary/aromatic N) is 3. The molecule has 3 saturated heterocycles. The highest BCUT2D eigenvalue weighted by Crippen LogP contribution is 2.46. The van der Waals surface area contributed by atoms with E-state index in [9.17, 15) is 47.1 Å². The van der Waals surface area contributed by atoms with E-state index in [4.69, 9.17) is 21.4 Å². The number of carboxylic acid groups (broad SMARTS) is 2. The van der Waals surface area contributed by atoms with Crippen LogP contribution in [0.25, 0.3) is 10.4 Å². The topological polar surface area (TPSA) is 261 Å². The van der Waals surface area contributed by atoms with E-state index in [0.29, 0.717) is 58.6 Å². The van der Waals surface area contributed by atoms with E-state index in [2.05, 4.69) is 21.3 Å². The zero-order valence-corrected chi connectivity index (χ0v) is 39.2. The van der Waals surface area contributed by atoms with Crippen LogP contribution in [0.1, 0.15) is 69.7 Å². The smallest absolute Gasteiger partial charge is 0.349 e. The Hall–Kier alpha value is -6.62. The average molecular weight is 1010 g/mol. The minimum Gasteiger partial charge on any atom is -0.479 e. The Bertz CT molecular complexity index is 2850. The van der Waals surface area contributed by atoms with Gasteiger partial charge in [-0.15, -0.1) is 11.3 Å². The number of carboxylic acids is 2. The summed E-state index contributed by atoms with van der Waals surface area (Å²) in [6.45, 7) is 0.212. The summed E-state index contributed by atoms with van der Waals surface area (Å²) >= 11 is 7.32. The Morgan fingerprint density at radius 2 is 1.65 bits per heavy atom. The lowest BCUT2D eigenvalue weighted by molar-refractivity contribution is -0.139. The number of nitrogens with one attached hydrogen (secondary N) is 4. The highest BCUT2D eigenvalue weighted by molar-refractivity contribution is 7.88. The van der Waals surface area contributed by atoms with Crippen molar-refractivity contribution in [2.75, 3.05) is 55.3 Å². The monoisotopic (exact) mass is 1010 g/mol. The van der Waals surface area contributed by atoms with Crippen molar-refractivity contribution >= 4 is 91.5 Å². The normalized spacial score (nSPS) is 18.1. The van der Waals surface area contributed by atoms with Gasteiger partial charge >= 0.3 is 11.9 Å². The molecule has 0 radical (unpaired) electrons. The van der Waals surface area contributed by atoms with Crippen molar-refractivity contribution in [3.8, 4) is 16.2 Å². The van der Waals surface area contributed by atoms with E-state index in [1.165, 1.54) is 21.3 Å². The lowest BCUT2D eigenvalue weighted by atomic mass is 9.95. The Morgan fingerprint density at radius 1 is 0.913 bits per heavy atom. The number of sulfonamides is 1. The molecular weight excluding hydrogens is 961 g/mol. The molecule has 1 atom stereocenters. The number of rotatable bonds is 16. The van der Waals surface area contributed by atoms with Crippen LogP contribution in [0.15, 0.2) is 60.7 Å². The third-order valence-electron chi connectivity index (χ3n) is 12.6. The minimum atomic E-state index is -3.86. The predicted molar refractivity (Wildman–Crippen MR) is 251 cm³/mol. The van der Waals surface area contributed by atoms with Crippen LogP contribution >= 0.6 is 22.9 Å². The molecule has 5 heterocycles. The summed E-state index contributed by atoms with van der Waals surface area (Å²) in [6.07, 6.45) is 1.88. The summed E-state index contributed by atoms with van der Waals surface area (Å²) < 4.78 is 48.8. The average Bonchev–Trinajstić information content (AvgIpc) is 3.84. The molecule has 1 unspecified atom stereocenters. The highest BCUT2D eigenvalue weighted by atomic mass is 35.5. The van der Waals surface area contributed by atoms with Crippen molar-refractivity contribution in [3.63, 3.8) is 0 Å². The summed E-state index contributed by atoms with van der Waals surface area (Å²) in [5.74, 6) is -6.45. The molecule has 5 amide bonds. The van der Waals surface area contributed by atoms with Crippen LogP contribution in [0, 0.1) is 11.7 Å². The molecule has 0 aliphatic carbocycles. The van der Waals surface area contributed by atoms with Gasteiger partial charge in [-0.2, -0.15) is 0 Å². The van der Waals surface area contributed by atoms with Gasteiger partial charge in [0.25, 0.3) is 5.91 Å². The number of imide groups is 1. The molecule has 364 valence electrons. The number of likely N-dealkylation sites (tertiary alicyclic amines) is 1.